The molecule has 2 aromatic rings. The first-order valence-corrected chi connectivity index (χ1v) is 5.32. The molecular formula is C12H15N3O. The van der Waals surface area contributed by atoms with Crippen LogP contribution in [0.4, 0.5) is 5.69 Å². The van der Waals surface area contributed by atoms with Gasteiger partial charge in [-0.15, -0.1) is 0 Å². The number of aromatic nitrogens is 2. The molecule has 0 saturated carbocycles. The van der Waals surface area contributed by atoms with Crippen LogP contribution in [0.3, 0.4) is 0 Å². The molecule has 1 aromatic carbocycles. The van der Waals surface area contributed by atoms with Gasteiger partial charge in [-0.25, -0.2) is 0 Å². The topological polar surface area (TPSA) is 51.0 Å². The molecule has 4 heteroatoms. The van der Waals surface area contributed by atoms with Gasteiger partial charge in [0.05, 0.1) is 0 Å². The molecule has 0 amide bonds. The van der Waals surface area contributed by atoms with E-state index in [1.54, 1.807) is 0 Å². The maximum Gasteiger partial charge on any atom is 0.257 e. The number of rotatable bonds is 3. The molecule has 0 saturated heterocycles. The molecule has 0 unspecified atom stereocenters. The first-order chi connectivity index (χ1) is 7.70. The van der Waals surface area contributed by atoms with E-state index in [1.807, 2.05) is 45.2 Å². The Hall–Kier alpha value is -1.84. The second-order valence-corrected chi connectivity index (χ2v) is 3.94. The fraction of sp³-hybridized carbons (Fsp3) is 0.333. The molecule has 0 atom stereocenters. The zero-order valence-electron chi connectivity index (χ0n) is 9.69. The Morgan fingerprint density at radius 1 is 1.19 bits per heavy atom. The number of hydrogen-bond donors (Lipinski definition) is 1. The summed E-state index contributed by atoms with van der Waals surface area (Å²) in [5.74, 6) is 1.60. The molecule has 1 heterocycles. The van der Waals surface area contributed by atoms with Crippen LogP contribution < -0.4 is 5.32 Å². The third kappa shape index (κ3) is 2.05. The number of nitrogens with zero attached hydrogens (tertiary/aromatic N) is 2. The molecule has 0 aliphatic heterocycles. The number of nitrogens with one attached hydrogen (secondary N) is 1. The van der Waals surface area contributed by atoms with Crippen LogP contribution in [-0.4, -0.2) is 17.2 Å². The maximum atomic E-state index is 5.20. The number of benzene rings is 1. The van der Waals surface area contributed by atoms with E-state index in [4.69, 9.17) is 4.52 Å². The van der Waals surface area contributed by atoms with Gasteiger partial charge in [0.2, 0.25) is 0 Å². The van der Waals surface area contributed by atoms with E-state index in [1.165, 1.54) is 0 Å². The van der Waals surface area contributed by atoms with Gasteiger partial charge in [-0.1, -0.05) is 19.0 Å². The maximum absolute atomic E-state index is 5.20. The van der Waals surface area contributed by atoms with E-state index < -0.39 is 0 Å². The Morgan fingerprint density at radius 2 is 1.88 bits per heavy atom. The predicted octanol–water partition coefficient (Wildman–Crippen LogP) is 2.90. The van der Waals surface area contributed by atoms with Crippen LogP contribution in [0.25, 0.3) is 11.5 Å². The van der Waals surface area contributed by atoms with Crippen molar-refractivity contribution in [3.05, 3.63) is 30.1 Å². The third-order valence-corrected chi connectivity index (χ3v) is 2.38. The summed E-state index contributed by atoms with van der Waals surface area (Å²) >= 11 is 0. The first-order valence-electron chi connectivity index (χ1n) is 5.32. The molecule has 2 rings (SSSR count). The van der Waals surface area contributed by atoms with E-state index in [9.17, 15) is 0 Å². The molecule has 4 nitrogen and oxygen atoms in total. The molecule has 84 valence electrons. The molecule has 0 bridgehead atoms. The molecular weight excluding hydrogens is 202 g/mol. The van der Waals surface area contributed by atoms with Crippen LogP contribution in [0.2, 0.25) is 0 Å². The van der Waals surface area contributed by atoms with Gasteiger partial charge in [-0.2, -0.15) is 4.98 Å². The molecule has 0 radical (unpaired) electrons. The van der Waals surface area contributed by atoms with Crippen LogP contribution >= 0.6 is 0 Å². The lowest BCUT2D eigenvalue weighted by atomic mass is 10.2. The molecule has 1 N–H and O–H groups in total. The standard InChI is InChI=1S/C12H15N3O/c1-8(2)11-14-12(16-15-11)9-4-6-10(13-3)7-5-9/h4-8,13H,1-3H3. The van der Waals surface area contributed by atoms with Crippen molar-refractivity contribution in [1.29, 1.82) is 0 Å². The van der Waals surface area contributed by atoms with Crippen LogP contribution in [0.1, 0.15) is 25.6 Å². The Kier molecular flexibility index (Phi) is 2.90. The predicted molar refractivity (Wildman–Crippen MR) is 63.4 cm³/mol. The summed E-state index contributed by atoms with van der Waals surface area (Å²) in [6, 6.07) is 7.88. The second-order valence-electron chi connectivity index (χ2n) is 3.94. The summed E-state index contributed by atoms with van der Waals surface area (Å²) in [7, 11) is 1.89. The first kappa shape index (κ1) is 10.7. The van der Waals surface area contributed by atoms with Gasteiger partial charge in [0.25, 0.3) is 5.89 Å². The smallest absolute Gasteiger partial charge is 0.257 e. The lowest BCUT2D eigenvalue weighted by Crippen LogP contribution is -1.89. The molecule has 16 heavy (non-hydrogen) atoms. The quantitative estimate of drug-likeness (QED) is 0.858. The van der Waals surface area contributed by atoms with Gasteiger partial charge in [-0.05, 0) is 24.3 Å². The van der Waals surface area contributed by atoms with Crippen molar-refractivity contribution in [2.45, 2.75) is 19.8 Å². The van der Waals surface area contributed by atoms with Crippen LogP contribution in [0, 0.1) is 0 Å². The summed E-state index contributed by atoms with van der Waals surface area (Å²) in [5.41, 5.74) is 2.01. The zero-order valence-corrected chi connectivity index (χ0v) is 9.69. The highest BCUT2D eigenvalue weighted by Gasteiger charge is 2.10. The van der Waals surface area contributed by atoms with Crippen molar-refractivity contribution in [2.24, 2.45) is 0 Å². The van der Waals surface area contributed by atoms with E-state index in [2.05, 4.69) is 15.5 Å². The minimum atomic E-state index is 0.286. The van der Waals surface area contributed by atoms with Gasteiger partial charge < -0.3 is 9.84 Å². The van der Waals surface area contributed by atoms with E-state index in [-0.39, 0.29) is 5.92 Å². The number of anilines is 1. The lowest BCUT2D eigenvalue weighted by Gasteiger charge is -1.99. The van der Waals surface area contributed by atoms with E-state index >= 15 is 0 Å². The average Bonchev–Trinajstić information content (AvgIpc) is 2.78. The van der Waals surface area contributed by atoms with Gasteiger partial charge >= 0.3 is 0 Å². The highest BCUT2D eigenvalue weighted by atomic mass is 16.5. The molecule has 0 aliphatic carbocycles. The average molecular weight is 217 g/mol. The summed E-state index contributed by atoms with van der Waals surface area (Å²) in [5, 5.41) is 7.00. The minimum absolute atomic E-state index is 0.286. The fourth-order valence-electron chi connectivity index (χ4n) is 1.37. The summed E-state index contributed by atoms with van der Waals surface area (Å²) in [6.07, 6.45) is 0. The normalized spacial score (nSPS) is 10.8. The van der Waals surface area contributed by atoms with Gasteiger partial charge in [0.15, 0.2) is 5.82 Å². The van der Waals surface area contributed by atoms with Crippen molar-refractivity contribution < 1.29 is 4.52 Å². The lowest BCUT2D eigenvalue weighted by molar-refractivity contribution is 0.419. The SMILES string of the molecule is CNc1ccc(-c2nc(C(C)C)no2)cc1. The van der Waals surface area contributed by atoms with Crippen LogP contribution in [0.5, 0.6) is 0 Å². The minimum Gasteiger partial charge on any atom is -0.388 e. The summed E-state index contributed by atoms with van der Waals surface area (Å²) in [4.78, 5) is 4.34. The van der Waals surface area contributed by atoms with E-state index in [0.717, 1.165) is 17.1 Å². The van der Waals surface area contributed by atoms with Crippen molar-refractivity contribution >= 4 is 5.69 Å². The van der Waals surface area contributed by atoms with Gasteiger partial charge in [0.1, 0.15) is 0 Å². The number of hydrogen-bond acceptors (Lipinski definition) is 4. The van der Waals surface area contributed by atoms with Crippen molar-refractivity contribution in [2.75, 3.05) is 12.4 Å². The fourth-order valence-corrected chi connectivity index (χ4v) is 1.37. The monoisotopic (exact) mass is 217 g/mol. The van der Waals surface area contributed by atoms with Crippen molar-refractivity contribution in [3.63, 3.8) is 0 Å². The van der Waals surface area contributed by atoms with Crippen LogP contribution in [-0.2, 0) is 0 Å². The highest BCUT2D eigenvalue weighted by molar-refractivity contribution is 5.58. The second kappa shape index (κ2) is 4.35. The Morgan fingerprint density at radius 3 is 2.38 bits per heavy atom. The Balaban J connectivity index is 2.28. The molecule has 0 spiro atoms. The van der Waals surface area contributed by atoms with Crippen molar-refractivity contribution in [3.8, 4) is 11.5 Å². The molecule has 1 aromatic heterocycles. The Bertz CT molecular complexity index is 459. The van der Waals surface area contributed by atoms with Crippen molar-refractivity contribution in [1.82, 2.24) is 10.1 Å². The Labute approximate surface area is 94.7 Å². The van der Waals surface area contributed by atoms with Gasteiger partial charge in [0, 0.05) is 24.2 Å². The van der Waals surface area contributed by atoms with Crippen LogP contribution in [0.15, 0.2) is 28.8 Å². The summed E-state index contributed by atoms with van der Waals surface area (Å²) in [6.45, 7) is 4.08. The highest BCUT2D eigenvalue weighted by Crippen LogP contribution is 2.21. The third-order valence-electron chi connectivity index (χ3n) is 2.38. The molecule has 0 aliphatic rings. The largest absolute Gasteiger partial charge is 0.388 e. The van der Waals surface area contributed by atoms with Gasteiger partial charge in [-0.3, -0.25) is 0 Å². The zero-order chi connectivity index (χ0) is 11.5. The summed E-state index contributed by atoms with van der Waals surface area (Å²) < 4.78 is 5.20. The van der Waals surface area contributed by atoms with E-state index in [0.29, 0.717) is 5.89 Å². The molecule has 0 fully saturated rings.